The molecule has 0 aliphatic carbocycles. The second-order valence-electron chi connectivity index (χ2n) is 3.50. The molecule has 0 unspecified atom stereocenters. The molecule has 0 fully saturated rings. The van der Waals surface area contributed by atoms with Gasteiger partial charge in [0.2, 0.25) is 0 Å². The highest BCUT2D eigenvalue weighted by molar-refractivity contribution is 6.29. The van der Waals surface area contributed by atoms with Crippen molar-refractivity contribution in [1.29, 1.82) is 0 Å². The minimum absolute atomic E-state index is 0.234. The summed E-state index contributed by atoms with van der Waals surface area (Å²) in [6.07, 6.45) is 5.12. The molecule has 1 aliphatic heterocycles. The predicted octanol–water partition coefficient (Wildman–Crippen LogP) is 1.16. The van der Waals surface area contributed by atoms with Crippen molar-refractivity contribution in [2.24, 2.45) is 4.99 Å². The summed E-state index contributed by atoms with van der Waals surface area (Å²) in [5.74, 6) is 0.234. The number of nitrogens with one attached hydrogen (secondary N) is 1. The van der Waals surface area contributed by atoms with Crippen LogP contribution in [0.5, 0.6) is 0 Å². The monoisotopic (exact) mass is 267 g/mol. The van der Waals surface area contributed by atoms with Gasteiger partial charge >= 0.3 is 0 Å². The lowest BCUT2D eigenvalue weighted by atomic mass is 10.3. The Morgan fingerprint density at radius 3 is 3.06 bits per heavy atom. The van der Waals surface area contributed by atoms with Crippen molar-refractivity contribution >= 4 is 23.6 Å². The number of hydrogen-bond donors (Lipinski definition) is 1. The zero-order valence-corrected chi connectivity index (χ0v) is 10.0. The minimum Gasteiger partial charge on any atom is -0.313 e. The molecule has 7 nitrogen and oxygen atoms in total. The highest BCUT2D eigenvalue weighted by atomic mass is 35.5. The largest absolute Gasteiger partial charge is 0.313 e. The Balaban J connectivity index is 2.02. The lowest BCUT2D eigenvalue weighted by molar-refractivity contribution is -0.526. The molecule has 0 spiro atoms. The van der Waals surface area contributed by atoms with E-state index in [0.29, 0.717) is 18.2 Å². The van der Waals surface area contributed by atoms with E-state index in [9.17, 15) is 10.1 Å². The SMILES string of the molecule is O=[N+]([O-])NC1=NCCN1C=Cc1ccc(Cl)nc1. The molecule has 1 aromatic rings. The Hall–Kier alpha value is -2.15. The number of aliphatic imine (C=N–C) groups is 1. The van der Waals surface area contributed by atoms with Crippen LogP contribution in [-0.4, -0.2) is 34.0 Å². The highest BCUT2D eigenvalue weighted by Crippen LogP contribution is 2.08. The van der Waals surface area contributed by atoms with Gasteiger partial charge in [0.25, 0.3) is 5.96 Å². The second kappa shape index (κ2) is 5.46. The van der Waals surface area contributed by atoms with E-state index in [2.05, 4.69) is 9.98 Å². The summed E-state index contributed by atoms with van der Waals surface area (Å²) in [5.41, 5.74) is 2.90. The van der Waals surface area contributed by atoms with Gasteiger partial charge in [0, 0.05) is 18.9 Å². The molecule has 1 N–H and O–H groups in total. The quantitative estimate of drug-likeness (QED) is 0.505. The molecule has 0 radical (unpaired) electrons. The van der Waals surface area contributed by atoms with Crippen LogP contribution in [-0.2, 0) is 0 Å². The Kier molecular flexibility index (Phi) is 3.73. The molecular formula is C10H10ClN5O2. The van der Waals surface area contributed by atoms with Crippen molar-refractivity contribution in [3.8, 4) is 0 Å². The molecule has 0 atom stereocenters. The third-order valence-corrected chi connectivity index (χ3v) is 2.49. The maximum atomic E-state index is 10.4. The van der Waals surface area contributed by atoms with Crippen molar-refractivity contribution in [2.45, 2.75) is 0 Å². The standard InChI is InChI=1S/C10H10ClN5O2/c11-9-2-1-8(7-13-9)3-5-15-6-4-12-10(15)14-16(17)18/h1-3,5,7H,4,6H2,(H,12,14). The van der Waals surface area contributed by atoms with E-state index in [0.717, 1.165) is 5.56 Å². The van der Waals surface area contributed by atoms with E-state index in [4.69, 9.17) is 11.6 Å². The van der Waals surface area contributed by atoms with Crippen LogP contribution in [0, 0.1) is 10.1 Å². The summed E-state index contributed by atoms with van der Waals surface area (Å²) in [7, 11) is 0. The number of nitro groups is 1. The van der Waals surface area contributed by atoms with E-state index in [1.54, 1.807) is 35.5 Å². The molecule has 2 rings (SSSR count). The Morgan fingerprint density at radius 2 is 2.39 bits per heavy atom. The van der Waals surface area contributed by atoms with E-state index in [1.807, 2.05) is 5.43 Å². The molecule has 0 aromatic carbocycles. The van der Waals surface area contributed by atoms with Gasteiger partial charge in [-0.15, -0.1) is 0 Å². The summed E-state index contributed by atoms with van der Waals surface area (Å²) in [5, 5.41) is 10.1. The van der Waals surface area contributed by atoms with Crippen molar-refractivity contribution in [3.05, 3.63) is 45.4 Å². The molecule has 8 heteroatoms. The van der Waals surface area contributed by atoms with Crippen molar-refractivity contribution < 1.29 is 5.03 Å². The number of aromatic nitrogens is 1. The number of hydrazine groups is 1. The molecule has 0 saturated carbocycles. The number of halogens is 1. The van der Waals surface area contributed by atoms with Gasteiger partial charge in [-0.2, -0.15) is 0 Å². The van der Waals surface area contributed by atoms with Gasteiger partial charge in [-0.3, -0.25) is 0 Å². The van der Waals surface area contributed by atoms with Gasteiger partial charge in [-0.25, -0.2) is 20.1 Å². The number of pyridine rings is 1. The van der Waals surface area contributed by atoms with Crippen LogP contribution in [0.15, 0.2) is 29.5 Å². The summed E-state index contributed by atoms with van der Waals surface area (Å²) < 4.78 is 0. The van der Waals surface area contributed by atoms with Gasteiger partial charge < -0.3 is 4.90 Å². The molecule has 1 aromatic heterocycles. The maximum absolute atomic E-state index is 10.4. The third-order valence-electron chi connectivity index (χ3n) is 2.26. The summed E-state index contributed by atoms with van der Waals surface area (Å²) >= 11 is 5.67. The molecule has 0 bridgehead atoms. The zero-order chi connectivity index (χ0) is 13.0. The molecule has 0 amide bonds. The molecule has 1 aliphatic rings. The molecule has 2 heterocycles. The Labute approximate surface area is 108 Å². The lowest BCUT2D eigenvalue weighted by Gasteiger charge is -2.11. The Bertz CT molecular complexity index is 499. The first-order valence-corrected chi connectivity index (χ1v) is 5.55. The van der Waals surface area contributed by atoms with Crippen molar-refractivity contribution in [2.75, 3.05) is 13.1 Å². The van der Waals surface area contributed by atoms with E-state index < -0.39 is 5.03 Å². The average Bonchev–Trinajstić information content (AvgIpc) is 2.75. The van der Waals surface area contributed by atoms with Crippen molar-refractivity contribution in [1.82, 2.24) is 15.3 Å². The fourth-order valence-corrected chi connectivity index (χ4v) is 1.56. The van der Waals surface area contributed by atoms with Gasteiger partial charge in [0.1, 0.15) is 5.15 Å². The normalized spacial score (nSPS) is 14.9. The fourth-order valence-electron chi connectivity index (χ4n) is 1.45. The first-order chi connectivity index (χ1) is 8.65. The fraction of sp³-hybridized carbons (Fsp3) is 0.200. The summed E-state index contributed by atoms with van der Waals surface area (Å²) in [4.78, 5) is 19.9. The molecular weight excluding hydrogens is 258 g/mol. The third kappa shape index (κ3) is 3.17. The van der Waals surface area contributed by atoms with Crippen LogP contribution in [0.3, 0.4) is 0 Å². The summed E-state index contributed by atoms with van der Waals surface area (Å²) in [6.45, 7) is 1.13. The minimum atomic E-state index is -0.630. The van der Waals surface area contributed by atoms with Crippen LogP contribution in [0.2, 0.25) is 5.15 Å². The smallest absolute Gasteiger partial charge is 0.261 e. The lowest BCUT2D eigenvalue weighted by Crippen LogP contribution is -2.38. The van der Waals surface area contributed by atoms with Gasteiger partial charge in [-0.05, 0) is 17.7 Å². The molecule has 18 heavy (non-hydrogen) atoms. The Morgan fingerprint density at radius 1 is 1.56 bits per heavy atom. The van der Waals surface area contributed by atoms with Crippen LogP contribution < -0.4 is 5.43 Å². The molecule has 94 valence electrons. The maximum Gasteiger partial charge on any atom is 0.261 e. The second-order valence-corrected chi connectivity index (χ2v) is 3.88. The zero-order valence-electron chi connectivity index (χ0n) is 9.28. The van der Waals surface area contributed by atoms with Gasteiger partial charge in [0.15, 0.2) is 5.03 Å². The molecule has 0 saturated heterocycles. The van der Waals surface area contributed by atoms with Gasteiger partial charge in [-0.1, -0.05) is 23.1 Å². The van der Waals surface area contributed by atoms with E-state index in [1.165, 1.54) is 0 Å². The average molecular weight is 268 g/mol. The van der Waals surface area contributed by atoms with Crippen molar-refractivity contribution in [3.63, 3.8) is 0 Å². The predicted molar refractivity (Wildman–Crippen MR) is 67.4 cm³/mol. The highest BCUT2D eigenvalue weighted by Gasteiger charge is 2.17. The topological polar surface area (TPSA) is 83.7 Å². The number of nitrogens with zero attached hydrogens (tertiary/aromatic N) is 4. The van der Waals surface area contributed by atoms with Crippen LogP contribution in [0.25, 0.3) is 6.08 Å². The first kappa shape index (κ1) is 12.3. The van der Waals surface area contributed by atoms with E-state index in [-0.39, 0.29) is 5.96 Å². The van der Waals surface area contributed by atoms with E-state index >= 15 is 0 Å². The number of guanidine groups is 1. The first-order valence-electron chi connectivity index (χ1n) is 5.17. The number of rotatable bonds is 3. The van der Waals surface area contributed by atoms with Crippen LogP contribution in [0.4, 0.5) is 0 Å². The van der Waals surface area contributed by atoms with Gasteiger partial charge in [0.05, 0.1) is 6.54 Å². The van der Waals surface area contributed by atoms with Crippen LogP contribution in [0.1, 0.15) is 5.56 Å². The summed E-state index contributed by atoms with van der Waals surface area (Å²) in [6, 6.07) is 3.48. The number of hydrogen-bond acceptors (Lipinski definition) is 5. The van der Waals surface area contributed by atoms with Crippen LogP contribution >= 0.6 is 11.6 Å².